The van der Waals surface area contributed by atoms with E-state index in [1.165, 1.54) is 6.20 Å². The highest BCUT2D eigenvalue weighted by molar-refractivity contribution is 5.48. The third kappa shape index (κ3) is 4.85. The van der Waals surface area contributed by atoms with Gasteiger partial charge in [0, 0.05) is 51.9 Å². The highest BCUT2D eigenvalue weighted by Crippen LogP contribution is 2.20. The molecule has 0 aliphatic carbocycles. The molecule has 2 heterocycles. The topological polar surface area (TPSA) is 86.0 Å². The largest absolute Gasteiger partial charge is 0.390 e. The van der Waals surface area contributed by atoms with Crippen LogP contribution < -0.4 is 4.90 Å². The van der Waals surface area contributed by atoms with Gasteiger partial charge in [-0.1, -0.05) is 0 Å². The van der Waals surface area contributed by atoms with E-state index in [-0.39, 0.29) is 5.69 Å². The zero-order chi connectivity index (χ0) is 17.0. The van der Waals surface area contributed by atoms with Crippen LogP contribution in [0.15, 0.2) is 12.3 Å². The van der Waals surface area contributed by atoms with Gasteiger partial charge in [-0.15, -0.1) is 0 Å². The first-order valence-electron chi connectivity index (χ1n) is 7.78. The van der Waals surface area contributed by atoms with E-state index in [1.54, 1.807) is 13.0 Å². The molecule has 1 fully saturated rings. The molecule has 0 amide bonds. The second kappa shape index (κ2) is 7.67. The molecule has 23 heavy (non-hydrogen) atoms. The molecule has 0 spiro atoms. The SMILES string of the molecule is Cc1cc(N(C)CC(O)CN2CCN(C)CC2)ncc1[N+](=O)[O-]. The predicted octanol–water partition coefficient (Wildman–Crippen LogP) is 0.343. The lowest BCUT2D eigenvalue weighted by Crippen LogP contribution is -2.48. The molecule has 1 aromatic heterocycles. The van der Waals surface area contributed by atoms with Gasteiger partial charge >= 0.3 is 0 Å². The maximum atomic E-state index is 10.8. The number of nitrogens with zero attached hydrogens (tertiary/aromatic N) is 5. The fraction of sp³-hybridized carbons (Fsp3) is 0.667. The molecule has 1 saturated heterocycles. The molecule has 1 aromatic rings. The Morgan fingerprint density at radius 2 is 2.09 bits per heavy atom. The van der Waals surface area contributed by atoms with E-state index in [1.807, 2.05) is 11.9 Å². The van der Waals surface area contributed by atoms with Gasteiger partial charge in [-0.25, -0.2) is 4.98 Å². The van der Waals surface area contributed by atoms with E-state index < -0.39 is 11.0 Å². The molecule has 8 nitrogen and oxygen atoms in total. The van der Waals surface area contributed by atoms with E-state index in [0.29, 0.717) is 24.5 Å². The average molecular weight is 323 g/mol. The smallest absolute Gasteiger partial charge is 0.290 e. The fourth-order valence-corrected chi connectivity index (χ4v) is 2.73. The van der Waals surface area contributed by atoms with Crippen LogP contribution in [0.1, 0.15) is 5.56 Å². The van der Waals surface area contributed by atoms with Gasteiger partial charge in [0.2, 0.25) is 0 Å². The molecule has 1 aliphatic rings. The summed E-state index contributed by atoms with van der Waals surface area (Å²) in [6.45, 7) is 6.73. The van der Waals surface area contributed by atoms with Crippen molar-refractivity contribution < 1.29 is 10.0 Å². The number of anilines is 1. The summed E-state index contributed by atoms with van der Waals surface area (Å²) in [5.41, 5.74) is 0.584. The van der Waals surface area contributed by atoms with Crippen LogP contribution in [0.2, 0.25) is 0 Å². The number of aromatic nitrogens is 1. The summed E-state index contributed by atoms with van der Waals surface area (Å²) < 4.78 is 0. The minimum atomic E-state index is -0.485. The Morgan fingerprint density at radius 1 is 1.43 bits per heavy atom. The molecule has 1 unspecified atom stereocenters. The van der Waals surface area contributed by atoms with Crippen molar-refractivity contribution in [3.05, 3.63) is 27.9 Å². The lowest BCUT2D eigenvalue weighted by Gasteiger charge is -2.34. The molecule has 1 N–H and O–H groups in total. The van der Waals surface area contributed by atoms with Crippen molar-refractivity contribution in [3.8, 4) is 0 Å². The van der Waals surface area contributed by atoms with Crippen LogP contribution in [0.25, 0.3) is 0 Å². The summed E-state index contributed by atoms with van der Waals surface area (Å²) in [7, 11) is 3.94. The minimum absolute atomic E-state index is 0.0140. The summed E-state index contributed by atoms with van der Waals surface area (Å²) in [4.78, 5) is 20.9. The third-order valence-electron chi connectivity index (χ3n) is 4.21. The monoisotopic (exact) mass is 323 g/mol. The highest BCUT2D eigenvalue weighted by Gasteiger charge is 2.19. The fourth-order valence-electron chi connectivity index (χ4n) is 2.73. The number of nitro groups is 1. The summed E-state index contributed by atoms with van der Waals surface area (Å²) in [6, 6.07) is 1.68. The third-order valence-corrected chi connectivity index (χ3v) is 4.21. The molecular formula is C15H25N5O3. The number of rotatable bonds is 6. The Kier molecular flexibility index (Phi) is 5.86. The number of piperazine rings is 1. The van der Waals surface area contributed by atoms with Crippen molar-refractivity contribution in [2.75, 3.05) is 58.3 Å². The van der Waals surface area contributed by atoms with E-state index in [4.69, 9.17) is 0 Å². The Morgan fingerprint density at radius 3 is 2.65 bits per heavy atom. The average Bonchev–Trinajstić information content (AvgIpc) is 2.49. The lowest BCUT2D eigenvalue weighted by molar-refractivity contribution is -0.385. The summed E-state index contributed by atoms with van der Waals surface area (Å²) in [5.74, 6) is 0.630. The van der Waals surface area contributed by atoms with Crippen molar-refractivity contribution in [1.82, 2.24) is 14.8 Å². The minimum Gasteiger partial charge on any atom is -0.390 e. The van der Waals surface area contributed by atoms with Crippen molar-refractivity contribution >= 4 is 11.5 Å². The number of pyridine rings is 1. The van der Waals surface area contributed by atoms with Gasteiger partial charge < -0.3 is 14.9 Å². The Balaban J connectivity index is 1.89. The molecular weight excluding hydrogens is 298 g/mol. The molecule has 128 valence electrons. The maximum Gasteiger partial charge on any atom is 0.290 e. The second-order valence-corrected chi connectivity index (χ2v) is 6.22. The van der Waals surface area contributed by atoms with Crippen LogP contribution in [0.5, 0.6) is 0 Å². The van der Waals surface area contributed by atoms with Gasteiger partial charge in [0.05, 0.1) is 11.0 Å². The number of aryl methyl sites for hydroxylation is 1. The van der Waals surface area contributed by atoms with Crippen molar-refractivity contribution in [2.45, 2.75) is 13.0 Å². The quantitative estimate of drug-likeness (QED) is 0.597. The Labute approximate surface area is 136 Å². The summed E-state index contributed by atoms with van der Waals surface area (Å²) >= 11 is 0. The van der Waals surface area contributed by atoms with Crippen molar-refractivity contribution in [1.29, 1.82) is 0 Å². The molecule has 1 atom stereocenters. The summed E-state index contributed by atoms with van der Waals surface area (Å²) in [5, 5.41) is 21.1. The van der Waals surface area contributed by atoms with Crippen LogP contribution in [-0.2, 0) is 0 Å². The summed E-state index contributed by atoms with van der Waals surface area (Å²) in [6.07, 6.45) is 0.786. The first kappa shape index (κ1) is 17.6. The zero-order valence-electron chi connectivity index (χ0n) is 14.0. The van der Waals surface area contributed by atoms with Crippen LogP contribution in [0.4, 0.5) is 11.5 Å². The molecule has 2 rings (SSSR count). The number of likely N-dealkylation sites (N-methyl/N-ethyl adjacent to an activating group) is 2. The molecule has 1 aliphatic heterocycles. The maximum absolute atomic E-state index is 10.8. The first-order valence-corrected chi connectivity index (χ1v) is 7.78. The van der Waals surface area contributed by atoms with E-state index >= 15 is 0 Å². The number of β-amino-alcohol motifs (C(OH)–C–C–N with tert-alkyl or cyclic N) is 1. The predicted molar refractivity (Wildman–Crippen MR) is 88.8 cm³/mol. The molecule has 0 aromatic carbocycles. The molecule has 0 radical (unpaired) electrons. The van der Waals surface area contributed by atoms with Gasteiger partial charge in [-0.2, -0.15) is 0 Å². The lowest BCUT2D eigenvalue weighted by atomic mass is 10.2. The molecule has 0 saturated carbocycles. The van der Waals surface area contributed by atoms with Gasteiger partial charge in [0.15, 0.2) is 0 Å². The number of aliphatic hydroxyl groups excluding tert-OH is 1. The van der Waals surface area contributed by atoms with Crippen LogP contribution in [0, 0.1) is 17.0 Å². The van der Waals surface area contributed by atoms with Crippen molar-refractivity contribution in [2.24, 2.45) is 0 Å². The van der Waals surface area contributed by atoms with Crippen molar-refractivity contribution in [3.63, 3.8) is 0 Å². The first-order chi connectivity index (χ1) is 10.9. The normalized spacial score (nSPS) is 17.9. The molecule has 0 bridgehead atoms. The number of aliphatic hydroxyl groups is 1. The van der Waals surface area contributed by atoms with Crippen LogP contribution in [0.3, 0.4) is 0 Å². The van der Waals surface area contributed by atoms with Gasteiger partial charge in [-0.05, 0) is 20.0 Å². The van der Waals surface area contributed by atoms with E-state index in [9.17, 15) is 15.2 Å². The van der Waals surface area contributed by atoms with E-state index in [2.05, 4.69) is 21.8 Å². The molecule has 8 heteroatoms. The standard InChI is InChI=1S/C15H25N5O3/c1-12-8-15(16-9-14(12)20(22)23)18(3)10-13(21)11-19-6-4-17(2)5-7-19/h8-9,13,21H,4-7,10-11H2,1-3H3. The van der Waals surface area contributed by atoms with Gasteiger partial charge in [-0.3, -0.25) is 15.0 Å². The highest BCUT2D eigenvalue weighted by atomic mass is 16.6. The van der Waals surface area contributed by atoms with Crippen LogP contribution >= 0.6 is 0 Å². The van der Waals surface area contributed by atoms with E-state index in [0.717, 1.165) is 26.2 Å². The Hall–Kier alpha value is -1.77. The Bertz CT molecular complexity index is 546. The number of hydrogen-bond donors (Lipinski definition) is 1. The van der Waals surface area contributed by atoms with Crippen LogP contribution in [-0.4, -0.2) is 84.3 Å². The zero-order valence-corrected chi connectivity index (χ0v) is 14.0. The number of hydrogen-bond acceptors (Lipinski definition) is 7. The second-order valence-electron chi connectivity index (χ2n) is 6.22. The van der Waals surface area contributed by atoms with Gasteiger partial charge in [0.25, 0.3) is 5.69 Å². The van der Waals surface area contributed by atoms with Gasteiger partial charge in [0.1, 0.15) is 12.0 Å².